The molecule has 2 fully saturated rings. The minimum atomic E-state index is -1.18. The number of benzene rings is 2. The van der Waals surface area contributed by atoms with E-state index in [0.29, 0.717) is 51.4 Å². The summed E-state index contributed by atoms with van der Waals surface area (Å²) in [4.78, 5) is 20.2. The molecule has 0 saturated heterocycles. The number of alkyl halides is 2. The first-order valence-electron chi connectivity index (χ1n) is 18.4. The minimum absolute atomic E-state index is 0. The summed E-state index contributed by atoms with van der Waals surface area (Å²) < 4.78 is 39.8. The van der Waals surface area contributed by atoms with E-state index in [9.17, 15) is 9.90 Å². The molecule has 0 amide bonds. The number of fused-ring (bicyclic) bond motifs is 6. The van der Waals surface area contributed by atoms with Gasteiger partial charge in [-0.2, -0.15) is 0 Å². The second-order valence-electron chi connectivity index (χ2n) is 15.7. The third-order valence-corrected chi connectivity index (χ3v) is 12.2. The molecule has 1 unspecified atom stereocenters. The summed E-state index contributed by atoms with van der Waals surface area (Å²) in [6, 6.07) is 17.0. The van der Waals surface area contributed by atoms with Crippen LogP contribution < -0.4 is 17.0 Å². The van der Waals surface area contributed by atoms with Crippen molar-refractivity contribution in [3.8, 4) is 22.5 Å². The molecular weight excluding hydrogens is 751 g/mol. The molecule has 2 saturated carbocycles. The number of methoxy groups -OCH3 is 1. The number of aliphatic hydroxyl groups is 1. The Bertz CT molecular complexity index is 1810. The van der Waals surface area contributed by atoms with Gasteiger partial charge in [0.05, 0.1) is 67.1 Å². The number of ether oxygens (including phenoxy) is 1. The van der Waals surface area contributed by atoms with E-state index in [0.717, 1.165) is 37.1 Å². The number of imidazole rings is 2. The van der Waals surface area contributed by atoms with Gasteiger partial charge < -0.3 is 43.4 Å². The van der Waals surface area contributed by atoms with Crippen LogP contribution in [0, 0.1) is 19.3 Å². The van der Waals surface area contributed by atoms with Crippen LogP contribution in [0.25, 0.3) is 22.5 Å². The number of hydrogen-bond donors (Lipinski definition) is 1. The van der Waals surface area contributed by atoms with Gasteiger partial charge in [-0.15, -0.1) is 0 Å². The Morgan fingerprint density at radius 3 is 1.64 bits per heavy atom. The Balaban J connectivity index is 0.000000224. The van der Waals surface area contributed by atoms with E-state index in [1.165, 1.54) is 29.4 Å². The van der Waals surface area contributed by atoms with Gasteiger partial charge in [-0.1, -0.05) is 48.5 Å². The molecule has 2 aromatic carbocycles. The molecule has 0 radical (unpaired) electrons. The summed E-state index contributed by atoms with van der Waals surface area (Å²) in [6.07, 6.45) is 14.9. The van der Waals surface area contributed by atoms with Crippen molar-refractivity contribution in [1.82, 2.24) is 19.1 Å². The Morgan fingerprint density at radius 1 is 0.811 bits per heavy atom. The van der Waals surface area contributed by atoms with Crippen LogP contribution in [0.15, 0.2) is 73.6 Å². The second-order valence-corrected chi connectivity index (χ2v) is 15.7. The molecule has 4 aromatic rings. The summed E-state index contributed by atoms with van der Waals surface area (Å²) >= 11 is 0. The second kappa shape index (κ2) is 17.5. The predicted molar refractivity (Wildman–Crippen MR) is 202 cm³/mol. The first kappa shape index (κ1) is 43.1. The fraction of sp³-hybridized carbons (Fsp3) is 0.524. The maximum absolute atomic E-state index is 15.4. The number of aromatic nitrogens is 4. The van der Waals surface area contributed by atoms with E-state index in [2.05, 4.69) is 49.4 Å². The summed E-state index contributed by atoms with van der Waals surface area (Å²) in [5.74, 6) is -0.125. The molecule has 4 aliphatic rings. The molecule has 2 aliphatic heterocycles. The van der Waals surface area contributed by atoms with Crippen molar-refractivity contribution in [2.45, 2.75) is 120 Å². The van der Waals surface area contributed by atoms with Gasteiger partial charge >= 0.3 is 29.0 Å². The zero-order chi connectivity index (χ0) is 35.1. The quantitative estimate of drug-likeness (QED) is 0.129. The van der Waals surface area contributed by atoms with Gasteiger partial charge in [-0.3, -0.25) is 4.79 Å². The number of esters is 1. The van der Waals surface area contributed by atoms with Crippen LogP contribution in [0.1, 0.15) is 114 Å². The molecule has 7 nitrogen and oxygen atoms in total. The van der Waals surface area contributed by atoms with Crippen LogP contribution >= 0.6 is 0 Å². The molecule has 2 aromatic heterocycles. The largest absolute Gasteiger partial charge is 2.00 e. The van der Waals surface area contributed by atoms with Gasteiger partial charge in [0, 0.05) is 11.1 Å². The first-order chi connectivity index (χ1) is 24.0. The van der Waals surface area contributed by atoms with Crippen molar-refractivity contribution >= 4 is 29.0 Å². The third kappa shape index (κ3) is 8.94. The molecule has 2 aliphatic carbocycles. The number of halogens is 3. The summed E-state index contributed by atoms with van der Waals surface area (Å²) in [7, 11) is 1.40. The summed E-state index contributed by atoms with van der Waals surface area (Å²) in [5.41, 5.74) is 4.25. The smallest absolute Gasteiger partial charge is 1.00 e. The predicted octanol–water partition coefficient (Wildman–Crippen LogP) is 6.28. The molecule has 4 heterocycles. The normalized spacial score (nSPS) is 26.5. The van der Waals surface area contributed by atoms with Crippen molar-refractivity contribution in [3.05, 3.63) is 92.1 Å². The molecule has 282 valence electrons. The number of carbonyl (C=O) groups is 1. The van der Waals surface area contributed by atoms with E-state index >= 15 is 8.78 Å². The van der Waals surface area contributed by atoms with Crippen molar-refractivity contribution < 1.29 is 40.4 Å². The van der Waals surface area contributed by atoms with Gasteiger partial charge in [0.2, 0.25) is 0 Å². The summed E-state index contributed by atoms with van der Waals surface area (Å²) in [5, 5.41) is 10.2. The number of nitrogens with zero attached hydrogens (tertiary/aromatic N) is 4. The Labute approximate surface area is 340 Å². The van der Waals surface area contributed by atoms with Gasteiger partial charge in [-0.05, 0) is 108 Å². The average molecular weight is 804 g/mol. The van der Waals surface area contributed by atoms with E-state index in [1.807, 2.05) is 57.1 Å². The number of hydrogen-bond acceptors (Lipinski definition) is 5. The molecule has 0 bridgehead atoms. The Kier molecular flexibility index (Phi) is 14.2. The van der Waals surface area contributed by atoms with Crippen LogP contribution in [0.4, 0.5) is 8.78 Å². The monoisotopic (exact) mass is 802 g/mol. The zero-order valence-electron chi connectivity index (χ0n) is 31.6. The molecule has 2 atom stereocenters. The van der Waals surface area contributed by atoms with Gasteiger partial charge in [0.25, 0.3) is 0 Å². The fourth-order valence-corrected chi connectivity index (χ4v) is 9.12. The topological polar surface area (TPSA) is 82.2 Å². The van der Waals surface area contributed by atoms with Gasteiger partial charge in [-0.25, -0.2) is 18.7 Å². The van der Waals surface area contributed by atoms with E-state index in [4.69, 9.17) is 4.74 Å². The molecular formula is C42H53BrF2MgN4O3. The Morgan fingerprint density at radius 2 is 1.23 bits per heavy atom. The molecule has 53 heavy (non-hydrogen) atoms. The van der Waals surface area contributed by atoms with Crippen LogP contribution in [0.5, 0.6) is 0 Å². The molecule has 11 heteroatoms. The van der Waals surface area contributed by atoms with E-state index in [-0.39, 0.29) is 77.3 Å². The van der Waals surface area contributed by atoms with Crippen LogP contribution in [-0.4, -0.2) is 77.3 Å². The third-order valence-electron chi connectivity index (χ3n) is 12.2. The van der Waals surface area contributed by atoms with Crippen molar-refractivity contribution in [3.63, 3.8) is 0 Å². The van der Waals surface area contributed by atoms with E-state index in [1.54, 1.807) is 0 Å². The van der Waals surface area contributed by atoms with Crippen LogP contribution in [0.3, 0.4) is 0 Å². The van der Waals surface area contributed by atoms with Gasteiger partial charge in [0.15, 0.2) is 0 Å². The fourth-order valence-electron chi connectivity index (χ4n) is 9.12. The standard InChI is InChI=1S/C21H27FN2O.C20H23FN2O2.CH3.BrH.Mg/c1-20(2,25)15-7-10-21(22,11-8-15)12-9-18-16-5-3-4-6-17(16)19-13-23-14-24(18)19;1-25-19(24)14-6-9-20(21,10-7-14)11-8-17-15-4-2-3-5-16(15)18-12-22-13-23(17)18;;;/h3-6,13-15,18,25H,7-12H2,1-2H3;2-5,12-14,17H,6-11H2,1H3;1H3;1H;/q;;-1;;+2/p-1/t15?,18-,21?;;;;/m0..../s1. The Hall–Kier alpha value is -2.60. The van der Waals surface area contributed by atoms with Crippen LogP contribution in [-0.2, 0) is 9.53 Å². The molecule has 1 N–H and O–H groups in total. The molecule has 0 spiro atoms. The maximum Gasteiger partial charge on any atom is 2.00 e. The maximum atomic E-state index is 15.4. The zero-order valence-corrected chi connectivity index (χ0v) is 34.6. The molecule has 8 rings (SSSR count). The van der Waals surface area contributed by atoms with E-state index < -0.39 is 16.9 Å². The number of rotatable bonds is 8. The van der Waals surface area contributed by atoms with Crippen molar-refractivity contribution in [2.24, 2.45) is 11.8 Å². The average Bonchev–Trinajstić information content (AvgIpc) is 3.89. The SMILES string of the molecule is CC(C)(O)C1CCC(F)(CC[C@H]2c3ccccc3-c3cncn32)CC1.COC(=O)C1CCC(F)(CCC2c3ccccc3-c3cncn32)CC1.[Br-].[CH3-].[Mg+2]. The van der Waals surface area contributed by atoms with Crippen molar-refractivity contribution in [2.75, 3.05) is 7.11 Å². The van der Waals surface area contributed by atoms with Gasteiger partial charge in [0.1, 0.15) is 11.3 Å². The summed E-state index contributed by atoms with van der Waals surface area (Å²) in [6.45, 7) is 3.69. The van der Waals surface area contributed by atoms with Crippen molar-refractivity contribution in [1.29, 1.82) is 0 Å². The first-order valence-corrected chi connectivity index (χ1v) is 18.4. The van der Waals surface area contributed by atoms with Crippen LogP contribution in [0.2, 0.25) is 0 Å². The number of carbonyl (C=O) groups excluding carboxylic acids is 1. The minimum Gasteiger partial charge on any atom is -1.00 e.